The van der Waals surface area contributed by atoms with Crippen LogP contribution in [0.5, 0.6) is 0 Å². The minimum Gasteiger partial charge on any atom is -0.394 e. The summed E-state index contributed by atoms with van der Waals surface area (Å²) in [6.07, 6.45) is 3.86. The highest BCUT2D eigenvalue weighted by molar-refractivity contribution is 9.09. The van der Waals surface area contributed by atoms with Crippen LogP contribution in [0.3, 0.4) is 0 Å². The van der Waals surface area contributed by atoms with Gasteiger partial charge in [0.15, 0.2) is 0 Å². The maximum absolute atomic E-state index is 14.6. The Morgan fingerprint density at radius 3 is 2.63 bits per heavy atom. The fourth-order valence-corrected chi connectivity index (χ4v) is 7.79. The lowest BCUT2D eigenvalue weighted by atomic mass is 9.70. The summed E-state index contributed by atoms with van der Waals surface area (Å²) in [5.74, 6) is -2.48. The summed E-state index contributed by atoms with van der Waals surface area (Å²) >= 11 is 3.72. The lowest BCUT2D eigenvalue weighted by Gasteiger charge is -2.38. The van der Waals surface area contributed by atoms with E-state index in [0.29, 0.717) is 25.0 Å². The average molecular weight is 630 g/mol. The predicted octanol–water partition coefficient (Wildman–Crippen LogP) is 1.96. The van der Waals surface area contributed by atoms with Gasteiger partial charge in [-0.1, -0.05) is 52.4 Å². The zero-order valence-electron chi connectivity index (χ0n) is 23.4. The van der Waals surface area contributed by atoms with E-state index < -0.39 is 35.6 Å². The molecule has 3 aliphatic heterocycles. The molecule has 5 rings (SSSR count). The van der Waals surface area contributed by atoms with Gasteiger partial charge in [-0.3, -0.25) is 14.4 Å². The summed E-state index contributed by atoms with van der Waals surface area (Å²) in [6, 6.07) is 5.75. The van der Waals surface area contributed by atoms with Gasteiger partial charge in [0, 0.05) is 24.5 Å². The van der Waals surface area contributed by atoms with Crippen LogP contribution >= 0.6 is 15.9 Å². The van der Waals surface area contributed by atoms with E-state index in [9.17, 15) is 19.5 Å². The Labute approximate surface area is 247 Å². The monoisotopic (exact) mass is 628 g/mol. The molecule has 3 fully saturated rings. The van der Waals surface area contributed by atoms with E-state index in [1.807, 2.05) is 31.2 Å². The van der Waals surface area contributed by atoms with Crippen molar-refractivity contribution >= 4 is 44.7 Å². The molecule has 12 heteroatoms. The first kappa shape index (κ1) is 29.4. The van der Waals surface area contributed by atoms with Crippen molar-refractivity contribution in [3.8, 4) is 0 Å². The van der Waals surface area contributed by atoms with Crippen molar-refractivity contribution in [2.75, 3.05) is 26.2 Å². The minimum atomic E-state index is -1.23. The molecule has 11 nitrogen and oxygen atoms in total. The predicted molar refractivity (Wildman–Crippen MR) is 156 cm³/mol. The Bertz CT molecular complexity index is 1350. The van der Waals surface area contributed by atoms with Gasteiger partial charge >= 0.3 is 0 Å². The number of para-hydroxylation sites is 1. The molecular weight excluding hydrogens is 592 g/mol. The van der Waals surface area contributed by atoms with Crippen LogP contribution in [0.15, 0.2) is 49.6 Å². The first-order chi connectivity index (χ1) is 19.7. The first-order valence-electron chi connectivity index (χ1n) is 14.1. The number of amides is 3. The van der Waals surface area contributed by atoms with Crippen molar-refractivity contribution in [2.24, 2.45) is 11.8 Å². The Hall–Kier alpha value is -3.09. The number of nitrogens with zero attached hydrogens (tertiary/aromatic N) is 6. The Morgan fingerprint density at radius 1 is 1.24 bits per heavy atom. The molecule has 41 heavy (non-hydrogen) atoms. The molecule has 3 saturated heterocycles. The molecule has 3 amide bonds. The Balaban J connectivity index is 1.55. The van der Waals surface area contributed by atoms with Crippen LogP contribution in [-0.4, -0.2) is 107 Å². The third kappa shape index (κ3) is 4.69. The van der Waals surface area contributed by atoms with E-state index in [4.69, 9.17) is 4.74 Å². The fourth-order valence-electron chi connectivity index (χ4n) is 6.85. The molecule has 4 heterocycles. The molecule has 0 saturated carbocycles. The van der Waals surface area contributed by atoms with Crippen LogP contribution in [0.25, 0.3) is 11.0 Å². The molecule has 1 aromatic heterocycles. The number of aliphatic hydroxyl groups is 1. The fraction of sp³-hybridized carbons (Fsp3) is 0.552. The van der Waals surface area contributed by atoms with E-state index in [-0.39, 0.29) is 42.4 Å². The van der Waals surface area contributed by atoms with Gasteiger partial charge in [0.2, 0.25) is 17.7 Å². The summed E-state index contributed by atoms with van der Waals surface area (Å²) in [5, 5.41) is 18.6. The number of halogens is 1. The van der Waals surface area contributed by atoms with Crippen molar-refractivity contribution in [2.45, 2.75) is 62.0 Å². The number of carbonyl (C=O) groups excluding carboxylic acids is 3. The first-order valence-corrected chi connectivity index (χ1v) is 15.0. The van der Waals surface area contributed by atoms with Crippen LogP contribution in [0, 0.1) is 11.8 Å². The number of aromatic nitrogens is 3. The van der Waals surface area contributed by atoms with E-state index in [0.717, 1.165) is 11.9 Å². The van der Waals surface area contributed by atoms with Gasteiger partial charge in [-0.2, -0.15) is 0 Å². The van der Waals surface area contributed by atoms with Crippen molar-refractivity contribution in [3.05, 3.63) is 49.6 Å². The quantitative estimate of drug-likeness (QED) is 0.282. The molecule has 0 aliphatic carbocycles. The molecule has 1 spiro atoms. The number of aliphatic hydroxyl groups excluding tert-OH is 1. The summed E-state index contributed by atoms with van der Waals surface area (Å²) in [4.78, 5) is 47.3. The number of benzene rings is 1. The number of ether oxygens (including phenoxy) is 1. The van der Waals surface area contributed by atoms with E-state index >= 15 is 0 Å². The molecule has 0 radical (unpaired) electrons. The summed E-state index contributed by atoms with van der Waals surface area (Å²) < 4.78 is 8.26. The Kier molecular flexibility index (Phi) is 8.36. The number of hydrogen-bond acceptors (Lipinski definition) is 7. The van der Waals surface area contributed by atoms with Crippen LogP contribution in [0.1, 0.15) is 26.7 Å². The highest BCUT2D eigenvalue weighted by Gasteiger charge is 2.77. The number of fused-ring (bicyclic) bond motifs is 2. The van der Waals surface area contributed by atoms with E-state index in [1.54, 1.807) is 33.6 Å². The maximum Gasteiger partial charge on any atom is 0.250 e. The zero-order valence-corrected chi connectivity index (χ0v) is 25.0. The standard InChI is InChI=1S/C29H37BrN6O5/c1-5-12-33(13-6-2)26(38)22-23-27(39)36(18(4)16-37)25(29(23)15-19(30)24(22)41-29)28(40)34(14-7-3)17-35-21-11-9-8-10-20(21)31-32-35/h5,7-11,18-19,22-25,37H,1,3,6,12-17H2,2,4H3/t18-,19?,22-,23+,24-,25?,29?/m1/s1. The normalized spacial score (nSPS) is 29.0. The maximum atomic E-state index is 14.6. The van der Waals surface area contributed by atoms with Crippen molar-refractivity contribution in [3.63, 3.8) is 0 Å². The lowest BCUT2D eigenvalue weighted by molar-refractivity contribution is -0.152. The molecule has 2 bridgehead atoms. The van der Waals surface area contributed by atoms with E-state index in [2.05, 4.69) is 39.4 Å². The second kappa shape index (κ2) is 11.7. The second-order valence-electron chi connectivity index (χ2n) is 11.1. The molecule has 1 aromatic carbocycles. The smallest absolute Gasteiger partial charge is 0.250 e. The molecule has 3 unspecified atom stereocenters. The second-order valence-corrected chi connectivity index (χ2v) is 12.3. The number of hydrogen-bond donors (Lipinski definition) is 1. The van der Waals surface area contributed by atoms with Gasteiger partial charge in [0.25, 0.3) is 0 Å². The van der Waals surface area contributed by atoms with Crippen molar-refractivity contribution in [1.29, 1.82) is 0 Å². The van der Waals surface area contributed by atoms with Crippen LogP contribution in [0.4, 0.5) is 0 Å². The lowest BCUT2D eigenvalue weighted by Crippen LogP contribution is -2.58. The summed E-state index contributed by atoms with van der Waals surface area (Å²) in [6.45, 7) is 12.1. The molecule has 2 aromatic rings. The average Bonchev–Trinajstić information content (AvgIpc) is 3.68. The number of carbonyl (C=O) groups is 3. The van der Waals surface area contributed by atoms with Gasteiger partial charge in [-0.05, 0) is 31.9 Å². The summed E-state index contributed by atoms with van der Waals surface area (Å²) in [5.41, 5.74) is 0.226. The molecule has 1 N–H and O–H groups in total. The molecule has 7 atom stereocenters. The van der Waals surface area contributed by atoms with Gasteiger partial charge in [-0.25, -0.2) is 4.68 Å². The van der Waals surface area contributed by atoms with Gasteiger partial charge < -0.3 is 24.5 Å². The number of likely N-dealkylation sites (tertiary alicyclic amines) is 1. The largest absolute Gasteiger partial charge is 0.394 e. The highest BCUT2D eigenvalue weighted by atomic mass is 79.9. The van der Waals surface area contributed by atoms with Crippen molar-refractivity contribution < 1.29 is 24.2 Å². The third-order valence-corrected chi connectivity index (χ3v) is 9.37. The van der Waals surface area contributed by atoms with Gasteiger partial charge in [0.05, 0.1) is 36.1 Å². The van der Waals surface area contributed by atoms with Gasteiger partial charge in [-0.15, -0.1) is 18.3 Å². The Morgan fingerprint density at radius 2 is 1.95 bits per heavy atom. The number of alkyl halides is 1. The van der Waals surface area contributed by atoms with Crippen molar-refractivity contribution in [1.82, 2.24) is 29.7 Å². The van der Waals surface area contributed by atoms with Crippen LogP contribution in [-0.2, 0) is 25.8 Å². The van der Waals surface area contributed by atoms with Gasteiger partial charge in [0.1, 0.15) is 23.8 Å². The SMILES string of the molecule is C=CCN(Cn1nnc2ccccc21)C(=O)C1N([C@H](C)CO)C(=O)[C@@H]2[C@@H](C(=O)N(CC=C)CCC)[C@@H]3OC12CC3Br. The molecule has 220 valence electrons. The zero-order chi connectivity index (χ0) is 29.5. The topological polar surface area (TPSA) is 121 Å². The molecular formula is C29H37BrN6O5. The summed E-state index contributed by atoms with van der Waals surface area (Å²) in [7, 11) is 0. The number of rotatable bonds is 12. The van der Waals surface area contributed by atoms with Crippen LogP contribution < -0.4 is 0 Å². The van der Waals surface area contributed by atoms with E-state index in [1.165, 1.54) is 4.90 Å². The highest BCUT2D eigenvalue weighted by Crippen LogP contribution is 2.60. The molecule has 3 aliphatic rings. The third-order valence-electron chi connectivity index (χ3n) is 8.53. The van der Waals surface area contributed by atoms with Crippen LogP contribution in [0.2, 0.25) is 0 Å². The minimum absolute atomic E-state index is 0.0747.